The van der Waals surface area contributed by atoms with Crippen LogP contribution in [0.4, 0.5) is 11.6 Å². The molecule has 9 heteroatoms. The van der Waals surface area contributed by atoms with Gasteiger partial charge in [-0.1, -0.05) is 28.1 Å². The number of hydrazine groups is 1. The van der Waals surface area contributed by atoms with Crippen LogP contribution in [0.15, 0.2) is 65.3 Å². The molecule has 30 heavy (non-hydrogen) atoms. The molecule has 1 fully saturated rings. The van der Waals surface area contributed by atoms with Crippen LogP contribution in [0.1, 0.15) is 0 Å². The number of fused-ring (bicyclic) bond motifs is 1. The highest BCUT2D eigenvalue weighted by atomic mass is 79.9. The lowest BCUT2D eigenvalue weighted by atomic mass is 10.0. The number of rotatable bonds is 3. The van der Waals surface area contributed by atoms with Crippen LogP contribution in [0.3, 0.4) is 0 Å². The van der Waals surface area contributed by atoms with Gasteiger partial charge in [0.2, 0.25) is 0 Å². The van der Waals surface area contributed by atoms with Gasteiger partial charge in [0.25, 0.3) is 0 Å². The number of halogens is 1. The summed E-state index contributed by atoms with van der Waals surface area (Å²) < 4.78 is 6.42. The van der Waals surface area contributed by atoms with E-state index in [1.54, 1.807) is 0 Å². The topological polar surface area (TPSA) is 92.4 Å². The Hall–Kier alpha value is -3.17. The molecule has 2 aromatic heterocycles. The number of hydrogen-bond acceptors (Lipinski definition) is 8. The number of anilines is 2. The number of morpholine rings is 1. The van der Waals surface area contributed by atoms with Crippen LogP contribution in [0.2, 0.25) is 0 Å². The summed E-state index contributed by atoms with van der Waals surface area (Å²) in [5, 5.41) is 2.60. The Labute approximate surface area is 182 Å². The van der Waals surface area contributed by atoms with E-state index < -0.39 is 0 Å². The highest BCUT2D eigenvalue weighted by Gasteiger charge is 2.18. The van der Waals surface area contributed by atoms with Gasteiger partial charge in [0.15, 0.2) is 11.5 Å². The molecule has 2 aliphatic heterocycles. The summed E-state index contributed by atoms with van der Waals surface area (Å²) in [6.45, 7) is 3.26. The quantitative estimate of drug-likeness (QED) is 0.609. The van der Waals surface area contributed by atoms with E-state index in [1.807, 2.05) is 47.7 Å². The molecule has 2 aliphatic rings. The van der Waals surface area contributed by atoms with Gasteiger partial charge >= 0.3 is 0 Å². The summed E-state index contributed by atoms with van der Waals surface area (Å²) in [5.41, 5.74) is 13.1. The predicted octanol–water partition coefficient (Wildman–Crippen LogP) is 3.05. The standard InChI is InChI=1S/C21H20BrN7O/c22-15-3-1-2-14(10-15)17-11-18(27-21-19(17)20(23)24-13-25-21)29-5-4-16(12-26-29)28-6-8-30-9-7-28/h1-5,10-13,26H,6-9H2,(H2,23,24,25,27). The Kier molecular flexibility index (Phi) is 4.97. The minimum Gasteiger partial charge on any atom is -0.383 e. The van der Waals surface area contributed by atoms with Crippen molar-refractivity contribution in [1.82, 2.24) is 25.3 Å². The number of pyridine rings is 1. The monoisotopic (exact) mass is 465 g/mol. The average Bonchev–Trinajstić information content (AvgIpc) is 2.79. The maximum atomic E-state index is 6.19. The second-order valence-electron chi connectivity index (χ2n) is 6.98. The number of nitrogen functional groups attached to an aromatic ring is 1. The van der Waals surface area contributed by atoms with Gasteiger partial charge in [-0.25, -0.2) is 20.0 Å². The summed E-state index contributed by atoms with van der Waals surface area (Å²) in [6.07, 6.45) is 7.45. The second-order valence-corrected chi connectivity index (χ2v) is 7.90. The number of hydrogen-bond donors (Lipinski definition) is 2. The maximum absolute atomic E-state index is 6.19. The summed E-state index contributed by atoms with van der Waals surface area (Å²) in [6, 6.07) is 10.0. The van der Waals surface area contributed by atoms with Crippen molar-refractivity contribution < 1.29 is 4.74 Å². The minimum atomic E-state index is 0.408. The van der Waals surface area contributed by atoms with Gasteiger partial charge < -0.3 is 15.4 Å². The molecule has 8 nitrogen and oxygen atoms in total. The molecular weight excluding hydrogens is 446 g/mol. The highest BCUT2D eigenvalue weighted by Crippen LogP contribution is 2.34. The van der Waals surface area contributed by atoms with Crippen LogP contribution in [-0.4, -0.2) is 46.2 Å². The van der Waals surface area contributed by atoms with Gasteiger partial charge in [-0.2, -0.15) is 0 Å². The normalized spacial score (nSPS) is 16.5. The van der Waals surface area contributed by atoms with E-state index in [-0.39, 0.29) is 0 Å². The molecule has 0 unspecified atom stereocenters. The first-order valence-corrected chi connectivity index (χ1v) is 10.4. The zero-order valence-electron chi connectivity index (χ0n) is 16.1. The molecule has 152 valence electrons. The molecular formula is C21H20BrN7O. The van der Waals surface area contributed by atoms with Gasteiger partial charge in [0.05, 0.1) is 24.3 Å². The van der Waals surface area contributed by atoms with Crippen LogP contribution in [0.25, 0.3) is 22.2 Å². The highest BCUT2D eigenvalue weighted by molar-refractivity contribution is 9.10. The lowest BCUT2D eigenvalue weighted by molar-refractivity contribution is 0.0550. The molecule has 0 bridgehead atoms. The summed E-state index contributed by atoms with van der Waals surface area (Å²) >= 11 is 3.55. The Balaban J connectivity index is 1.53. The van der Waals surface area contributed by atoms with Crippen molar-refractivity contribution in [2.45, 2.75) is 0 Å². The van der Waals surface area contributed by atoms with Crippen molar-refractivity contribution >= 4 is 38.6 Å². The van der Waals surface area contributed by atoms with Crippen LogP contribution >= 0.6 is 15.9 Å². The van der Waals surface area contributed by atoms with Crippen LogP contribution < -0.4 is 16.2 Å². The zero-order valence-corrected chi connectivity index (χ0v) is 17.7. The number of allylic oxidation sites excluding steroid dienone is 1. The first-order chi connectivity index (χ1) is 14.7. The molecule has 1 saturated heterocycles. The summed E-state index contributed by atoms with van der Waals surface area (Å²) in [7, 11) is 0. The molecule has 5 rings (SSSR count). The smallest absolute Gasteiger partial charge is 0.167 e. The summed E-state index contributed by atoms with van der Waals surface area (Å²) in [5.74, 6) is 1.12. The van der Waals surface area contributed by atoms with Gasteiger partial charge in [-0.3, -0.25) is 5.43 Å². The molecule has 0 amide bonds. The molecule has 3 aromatic rings. The minimum absolute atomic E-state index is 0.408. The van der Waals surface area contributed by atoms with Gasteiger partial charge in [0, 0.05) is 35.5 Å². The SMILES string of the molecule is Nc1ncnc2nc(N3C=CC(N4CCOCC4)=CN3)cc(-c3cccc(Br)c3)c12. The largest absolute Gasteiger partial charge is 0.383 e. The second kappa shape index (κ2) is 7.92. The third-order valence-corrected chi connectivity index (χ3v) is 5.62. The van der Waals surface area contributed by atoms with Crippen LogP contribution in [0.5, 0.6) is 0 Å². The third kappa shape index (κ3) is 3.57. The predicted molar refractivity (Wildman–Crippen MR) is 120 cm³/mol. The maximum Gasteiger partial charge on any atom is 0.167 e. The Morgan fingerprint density at radius 1 is 1.13 bits per heavy atom. The van der Waals surface area contributed by atoms with E-state index >= 15 is 0 Å². The van der Waals surface area contributed by atoms with Crippen molar-refractivity contribution in [3.8, 4) is 11.1 Å². The fraction of sp³-hybridized carbons (Fsp3) is 0.190. The van der Waals surface area contributed by atoms with E-state index in [4.69, 9.17) is 15.5 Å². The van der Waals surface area contributed by atoms with Crippen LogP contribution in [0, 0.1) is 0 Å². The lowest BCUT2D eigenvalue weighted by Crippen LogP contribution is -2.39. The van der Waals surface area contributed by atoms with Crippen molar-refractivity contribution in [2.24, 2.45) is 0 Å². The average molecular weight is 466 g/mol. The molecule has 0 radical (unpaired) electrons. The van der Waals surface area contributed by atoms with Crippen molar-refractivity contribution in [3.63, 3.8) is 0 Å². The zero-order chi connectivity index (χ0) is 20.5. The number of nitrogens with two attached hydrogens (primary N) is 1. The van der Waals surface area contributed by atoms with Crippen molar-refractivity contribution in [3.05, 3.63) is 65.3 Å². The van der Waals surface area contributed by atoms with E-state index in [1.165, 1.54) is 6.33 Å². The third-order valence-electron chi connectivity index (χ3n) is 5.12. The Bertz CT molecular complexity index is 1160. The molecule has 0 spiro atoms. The number of nitrogens with one attached hydrogen (secondary N) is 1. The van der Waals surface area contributed by atoms with E-state index in [0.717, 1.165) is 53.0 Å². The van der Waals surface area contributed by atoms with Gasteiger partial charge in [-0.05, 0) is 29.8 Å². The Morgan fingerprint density at radius 2 is 2.00 bits per heavy atom. The number of aromatic nitrogens is 3. The van der Waals surface area contributed by atoms with Crippen molar-refractivity contribution in [1.29, 1.82) is 0 Å². The van der Waals surface area contributed by atoms with Gasteiger partial charge in [-0.15, -0.1) is 0 Å². The lowest BCUT2D eigenvalue weighted by Gasteiger charge is -2.32. The molecule has 0 atom stereocenters. The van der Waals surface area contributed by atoms with Gasteiger partial charge in [0.1, 0.15) is 12.1 Å². The van der Waals surface area contributed by atoms with E-state index in [0.29, 0.717) is 17.3 Å². The van der Waals surface area contributed by atoms with Crippen LogP contribution in [-0.2, 0) is 4.74 Å². The number of ether oxygens (including phenoxy) is 1. The summed E-state index contributed by atoms with van der Waals surface area (Å²) in [4.78, 5) is 15.5. The van der Waals surface area contributed by atoms with E-state index in [9.17, 15) is 0 Å². The molecule has 1 aromatic carbocycles. The molecule has 0 saturated carbocycles. The first-order valence-electron chi connectivity index (χ1n) is 9.63. The molecule has 4 heterocycles. The molecule has 0 aliphatic carbocycles. The number of benzene rings is 1. The Morgan fingerprint density at radius 3 is 2.77 bits per heavy atom. The number of nitrogens with zero attached hydrogens (tertiary/aromatic N) is 5. The van der Waals surface area contributed by atoms with Crippen molar-refractivity contribution in [2.75, 3.05) is 37.0 Å². The fourth-order valence-corrected chi connectivity index (χ4v) is 4.02. The van der Waals surface area contributed by atoms with E-state index in [2.05, 4.69) is 42.3 Å². The molecule has 3 N–H and O–H groups in total. The first kappa shape index (κ1) is 18.8. The fourth-order valence-electron chi connectivity index (χ4n) is 3.62.